The Morgan fingerprint density at radius 1 is 0.950 bits per heavy atom. The largest absolute Gasteiger partial charge is 0.396 e. The first-order valence-electron chi connectivity index (χ1n) is 7.51. The van der Waals surface area contributed by atoms with E-state index < -0.39 is 5.60 Å². The fourth-order valence-electron chi connectivity index (χ4n) is 2.88. The molecule has 0 aromatic heterocycles. The Morgan fingerprint density at radius 3 is 1.95 bits per heavy atom. The number of aliphatic hydroxyl groups is 2. The molecule has 0 bridgehead atoms. The van der Waals surface area contributed by atoms with Gasteiger partial charge in [-0.1, -0.05) is 51.1 Å². The van der Waals surface area contributed by atoms with E-state index in [0.29, 0.717) is 0 Å². The van der Waals surface area contributed by atoms with E-state index in [1.807, 2.05) is 19.9 Å². The summed E-state index contributed by atoms with van der Waals surface area (Å²) in [6.45, 7) is 10.5. The first-order valence-corrected chi connectivity index (χ1v) is 7.51. The maximum atomic E-state index is 10.6. The highest BCUT2D eigenvalue weighted by atomic mass is 16.3. The molecule has 1 unspecified atom stereocenters. The molecule has 1 atom stereocenters. The molecule has 114 valence electrons. The summed E-state index contributed by atoms with van der Waals surface area (Å²) in [4.78, 5) is 0. The van der Waals surface area contributed by atoms with Crippen LogP contribution in [-0.2, 0) is 6.42 Å². The Balaban J connectivity index is 3.09. The minimum Gasteiger partial charge on any atom is -0.396 e. The van der Waals surface area contributed by atoms with E-state index in [0.717, 1.165) is 19.3 Å². The average molecular weight is 278 g/mol. The van der Waals surface area contributed by atoms with Gasteiger partial charge in [0.15, 0.2) is 0 Å². The zero-order valence-electron chi connectivity index (χ0n) is 13.6. The molecule has 2 heteroatoms. The molecule has 0 fully saturated rings. The second-order valence-electron chi connectivity index (χ2n) is 7.23. The van der Waals surface area contributed by atoms with Gasteiger partial charge >= 0.3 is 0 Å². The summed E-state index contributed by atoms with van der Waals surface area (Å²) in [5.74, 6) is 0. The highest BCUT2D eigenvalue weighted by Crippen LogP contribution is 2.51. The number of hydrogen-bond donors (Lipinski definition) is 2. The van der Waals surface area contributed by atoms with Crippen LogP contribution in [0.15, 0.2) is 30.3 Å². The van der Waals surface area contributed by atoms with Gasteiger partial charge in [-0.2, -0.15) is 0 Å². The third kappa shape index (κ3) is 3.62. The quantitative estimate of drug-likeness (QED) is 0.796. The number of rotatable bonds is 7. The van der Waals surface area contributed by atoms with Gasteiger partial charge in [0.05, 0.1) is 5.60 Å². The van der Waals surface area contributed by atoms with Crippen LogP contribution in [0.3, 0.4) is 0 Å². The molecule has 2 nitrogen and oxygen atoms in total. The maximum absolute atomic E-state index is 10.6. The topological polar surface area (TPSA) is 40.5 Å². The third-order valence-electron chi connectivity index (χ3n) is 5.36. The van der Waals surface area contributed by atoms with Crippen molar-refractivity contribution < 1.29 is 10.2 Å². The maximum Gasteiger partial charge on any atom is 0.0647 e. The van der Waals surface area contributed by atoms with Gasteiger partial charge in [-0.25, -0.2) is 0 Å². The van der Waals surface area contributed by atoms with Crippen molar-refractivity contribution in [2.24, 2.45) is 10.8 Å². The lowest BCUT2D eigenvalue weighted by Crippen LogP contribution is -2.51. The Bertz CT molecular complexity index is 403. The van der Waals surface area contributed by atoms with Gasteiger partial charge in [0.25, 0.3) is 0 Å². The van der Waals surface area contributed by atoms with Crippen LogP contribution >= 0.6 is 0 Å². The Morgan fingerprint density at radius 2 is 1.50 bits per heavy atom. The smallest absolute Gasteiger partial charge is 0.0647 e. The van der Waals surface area contributed by atoms with Crippen LogP contribution in [-0.4, -0.2) is 22.4 Å². The summed E-state index contributed by atoms with van der Waals surface area (Å²) in [7, 11) is 0. The SMILES string of the molecule is CC(C)(O)C(C)(C)C(C)(CCCO)Cc1ccccc1. The van der Waals surface area contributed by atoms with Crippen molar-refractivity contribution in [3.63, 3.8) is 0 Å². The lowest BCUT2D eigenvalue weighted by Gasteiger charge is -2.51. The molecular weight excluding hydrogens is 248 g/mol. The second kappa shape index (κ2) is 6.28. The van der Waals surface area contributed by atoms with Crippen molar-refractivity contribution in [1.82, 2.24) is 0 Å². The van der Waals surface area contributed by atoms with Gasteiger partial charge < -0.3 is 10.2 Å². The van der Waals surface area contributed by atoms with Crippen LogP contribution in [0, 0.1) is 10.8 Å². The minimum absolute atomic E-state index is 0.0741. The summed E-state index contributed by atoms with van der Waals surface area (Å²) >= 11 is 0. The van der Waals surface area contributed by atoms with E-state index in [1.165, 1.54) is 5.56 Å². The highest BCUT2D eigenvalue weighted by Gasteiger charge is 2.49. The molecule has 0 amide bonds. The molecular formula is C18H30O2. The highest BCUT2D eigenvalue weighted by molar-refractivity contribution is 5.18. The predicted molar refractivity (Wildman–Crippen MR) is 84.7 cm³/mol. The fourth-order valence-corrected chi connectivity index (χ4v) is 2.88. The standard InChI is InChI=1S/C18H30O2/c1-16(2,17(3,4)20)18(5,12-9-13-19)14-15-10-7-6-8-11-15/h6-8,10-11,19-20H,9,12-14H2,1-5H3. The molecule has 0 heterocycles. The Hall–Kier alpha value is -0.860. The van der Waals surface area contributed by atoms with Gasteiger partial charge in [0.1, 0.15) is 0 Å². The monoisotopic (exact) mass is 278 g/mol. The van der Waals surface area contributed by atoms with Crippen molar-refractivity contribution >= 4 is 0 Å². The van der Waals surface area contributed by atoms with Crippen LogP contribution in [0.1, 0.15) is 53.0 Å². The Labute approximate surface area is 123 Å². The molecule has 0 saturated carbocycles. The van der Waals surface area contributed by atoms with Gasteiger partial charge in [0.2, 0.25) is 0 Å². The van der Waals surface area contributed by atoms with E-state index in [2.05, 4.69) is 45.0 Å². The van der Waals surface area contributed by atoms with E-state index in [9.17, 15) is 10.2 Å². The normalized spacial score (nSPS) is 15.9. The van der Waals surface area contributed by atoms with E-state index >= 15 is 0 Å². The molecule has 0 aliphatic carbocycles. The summed E-state index contributed by atoms with van der Waals surface area (Å²) in [6, 6.07) is 10.4. The first-order chi connectivity index (χ1) is 9.14. The van der Waals surface area contributed by atoms with Crippen LogP contribution in [0.4, 0.5) is 0 Å². The van der Waals surface area contributed by atoms with Gasteiger partial charge in [-0.3, -0.25) is 0 Å². The Kier molecular flexibility index (Phi) is 5.39. The van der Waals surface area contributed by atoms with E-state index in [-0.39, 0.29) is 17.4 Å². The molecule has 1 aromatic rings. The van der Waals surface area contributed by atoms with E-state index in [4.69, 9.17) is 0 Å². The fraction of sp³-hybridized carbons (Fsp3) is 0.667. The van der Waals surface area contributed by atoms with Crippen molar-refractivity contribution in [1.29, 1.82) is 0 Å². The van der Waals surface area contributed by atoms with Crippen LogP contribution in [0.2, 0.25) is 0 Å². The van der Waals surface area contributed by atoms with Crippen molar-refractivity contribution in [2.45, 2.75) is 59.5 Å². The van der Waals surface area contributed by atoms with Crippen LogP contribution in [0.25, 0.3) is 0 Å². The number of aliphatic hydroxyl groups excluding tert-OH is 1. The second-order valence-corrected chi connectivity index (χ2v) is 7.23. The summed E-state index contributed by atoms with van der Waals surface area (Å²) in [6.07, 6.45) is 2.57. The molecule has 0 saturated heterocycles. The van der Waals surface area contributed by atoms with Crippen LogP contribution < -0.4 is 0 Å². The third-order valence-corrected chi connectivity index (χ3v) is 5.36. The van der Waals surface area contributed by atoms with Crippen molar-refractivity contribution in [2.75, 3.05) is 6.61 Å². The molecule has 20 heavy (non-hydrogen) atoms. The molecule has 1 aromatic carbocycles. The molecule has 0 aliphatic heterocycles. The van der Waals surface area contributed by atoms with Gasteiger partial charge in [-0.15, -0.1) is 0 Å². The summed E-state index contributed by atoms with van der Waals surface area (Å²) < 4.78 is 0. The molecule has 2 N–H and O–H groups in total. The van der Waals surface area contributed by atoms with Gasteiger partial charge in [0, 0.05) is 6.61 Å². The number of benzene rings is 1. The molecule has 0 spiro atoms. The van der Waals surface area contributed by atoms with Crippen molar-refractivity contribution in [3.05, 3.63) is 35.9 Å². The summed E-state index contributed by atoms with van der Waals surface area (Å²) in [5, 5.41) is 19.8. The van der Waals surface area contributed by atoms with Crippen LogP contribution in [0.5, 0.6) is 0 Å². The first kappa shape index (κ1) is 17.2. The molecule has 1 rings (SSSR count). The minimum atomic E-state index is -0.772. The van der Waals surface area contributed by atoms with E-state index in [1.54, 1.807) is 0 Å². The molecule has 0 radical (unpaired) electrons. The lowest BCUT2D eigenvalue weighted by atomic mass is 9.55. The molecule has 0 aliphatic rings. The average Bonchev–Trinajstić information content (AvgIpc) is 2.36. The zero-order chi connectivity index (χ0) is 15.4. The van der Waals surface area contributed by atoms with Gasteiger partial charge in [-0.05, 0) is 49.5 Å². The number of hydrogen-bond acceptors (Lipinski definition) is 2. The summed E-state index contributed by atoms with van der Waals surface area (Å²) in [5.41, 5.74) is 0.178. The van der Waals surface area contributed by atoms with Crippen molar-refractivity contribution in [3.8, 4) is 0 Å². The zero-order valence-corrected chi connectivity index (χ0v) is 13.6. The lowest BCUT2D eigenvalue weighted by molar-refractivity contribution is -0.112. The predicted octanol–water partition coefficient (Wildman–Crippen LogP) is 3.81.